The van der Waals surface area contributed by atoms with Crippen LogP contribution in [-0.2, 0) is 9.16 Å². The Balaban J connectivity index is 1.66. The summed E-state index contributed by atoms with van der Waals surface area (Å²) in [6.07, 6.45) is 1.54. The Morgan fingerprint density at radius 2 is 1.85 bits per heavy atom. The van der Waals surface area contributed by atoms with Crippen LogP contribution in [0, 0.1) is 19.7 Å². The van der Waals surface area contributed by atoms with Gasteiger partial charge in [0, 0.05) is 31.9 Å². The fraction of sp³-hybridized carbons (Fsp3) is 0.567. The molecule has 0 aliphatic carbocycles. The van der Waals surface area contributed by atoms with Gasteiger partial charge >= 0.3 is 0 Å². The SMILES string of the molecule is Cc1noc(C)c1-c1nc(-c2cccc(OCC(C)O[Si](C)(C)C(C)(C)C)c2)nc(N(C)C2CCOCC2)c1F. The number of aromatic nitrogens is 3. The fourth-order valence-electron chi connectivity index (χ4n) is 4.68. The molecule has 1 unspecified atom stereocenters. The molecule has 1 fully saturated rings. The van der Waals surface area contributed by atoms with E-state index in [0.29, 0.717) is 48.4 Å². The van der Waals surface area contributed by atoms with Gasteiger partial charge in [-0.25, -0.2) is 14.4 Å². The number of benzene rings is 1. The molecule has 0 saturated carbocycles. The van der Waals surface area contributed by atoms with Crippen molar-refractivity contribution in [3.05, 3.63) is 41.5 Å². The van der Waals surface area contributed by atoms with Gasteiger partial charge in [0.1, 0.15) is 23.8 Å². The molecule has 3 aromatic rings. The van der Waals surface area contributed by atoms with Crippen LogP contribution in [0.1, 0.15) is 52.0 Å². The van der Waals surface area contributed by atoms with Crippen LogP contribution in [0.3, 0.4) is 0 Å². The highest BCUT2D eigenvalue weighted by molar-refractivity contribution is 6.74. The molecule has 1 aromatic carbocycles. The smallest absolute Gasteiger partial charge is 0.192 e. The van der Waals surface area contributed by atoms with Crippen molar-refractivity contribution < 1.29 is 22.8 Å². The molecule has 1 aliphatic rings. The molecule has 0 bridgehead atoms. The highest BCUT2D eigenvalue weighted by Crippen LogP contribution is 2.38. The second kappa shape index (κ2) is 12.0. The Bertz CT molecular complexity index is 1300. The molecule has 10 heteroatoms. The van der Waals surface area contributed by atoms with E-state index in [4.69, 9.17) is 28.4 Å². The number of aryl methyl sites for hydroxylation is 2. The zero-order valence-corrected chi connectivity index (χ0v) is 26.3. The molecule has 1 aliphatic heterocycles. The molecule has 0 radical (unpaired) electrons. The van der Waals surface area contributed by atoms with Crippen LogP contribution >= 0.6 is 0 Å². The lowest BCUT2D eigenvalue weighted by Crippen LogP contribution is -2.44. The normalized spacial score (nSPS) is 15.8. The first kappa shape index (κ1) is 30.1. The van der Waals surface area contributed by atoms with Gasteiger partial charge in [0.15, 0.2) is 25.8 Å². The molecule has 1 saturated heterocycles. The van der Waals surface area contributed by atoms with Crippen LogP contribution < -0.4 is 9.64 Å². The van der Waals surface area contributed by atoms with Gasteiger partial charge in [-0.05, 0) is 63.9 Å². The van der Waals surface area contributed by atoms with Crippen LogP contribution in [0.25, 0.3) is 22.6 Å². The molecule has 3 heterocycles. The first-order valence-corrected chi connectivity index (χ1v) is 16.9. The van der Waals surface area contributed by atoms with E-state index in [2.05, 4.69) is 39.0 Å². The van der Waals surface area contributed by atoms with Gasteiger partial charge in [-0.2, -0.15) is 0 Å². The summed E-state index contributed by atoms with van der Waals surface area (Å²) in [4.78, 5) is 11.3. The van der Waals surface area contributed by atoms with Gasteiger partial charge in [0.25, 0.3) is 0 Å². The third-order valence-electron chi connectivity index (χ3n) is 8.06. The van der Waals surface area contributed by atoms with Crippen LogP contribution in [0.15, 0.2) is 28.8 Å². The summed E-state index contributed by atoms with van der Waals surface area (Å²) >= 11 is 0. The largest absolute Gasteiger partial charge is 0.491 e. The van der Waals surface area contributed by atoms with E-state index >= 15 is 4.39 Å². The van der Waals surface area contributed by atoms with Crippen molar-refractivity contribution in [2.45, 2.75) is 84.7 Å². The van der Waals surface area contributed by atoms with E-state index < -0.39 is 14.1 Å². The van der Waals surface area contributed by atoms with Gasteiger partial charge in [0.05, 0.1) is 17.4 Å². The van der Waals surface area contributed by atoms with Crippen molar-refractivity contribution in [1.29, 1.82) is 0 Å². The van der Waals surface area contributed by atoms with E-state index in [0.717, 1.165) is 18.4 Å². The van der Waals surface area contributed by atoms with Crippen molar-refractivity contribution in [2.75, 3.05) is 31.8 Å². The maximum atomic E-state index is 16.1. The van der Waals surface area contributed by atoms with E-state index in [-0.39, 0.29) is 28.7 Å². The summed E-state index contributed by atoms with van der Waals surface area (Å²) in [5.74, 6) is 1.34. The summed E-state index contributed by atoms with van der Waals surface area (Å²) in [5, 5.41) is 4.15. The highest BCUT2D eigenvalue weighted by atomic mass is 28.4. The number of ether oxygens (including phenoxy) is 2. The van der Waals surface area contributed by atoms with E-state index in [9.17, 15) is 0 Å². The second-order valence-corrected chi connectivity index (χ2v) is 17.0. The summed E-state index contributed by atoms with van der Waals surface area (Å²) in [6.45, 7) is 18.4. The Kier molecular flexibility index (Phi) is 9.01. The molecule has 4 rings (SSSR count). The summed E-state index contributed by atoms with van der Waals surface area (Å²) in [6, 6.07) is 7.71. The van der Waals surface area contributed by atoms with Gasteiger partial charge in [-0.3, -0.25) is 0 Å². The Morgan fingerprint density at radius 1 is 1.15 bits per heavy atom. The molecule has 0 spiro atoms. The average Bonchev–Trinajstić information content (AvgIpc) is 3.24. The van der Waals surface area contributed by atoms with Gasteiger partial charge in [0.2, 0.25) is 0 Å². The van der Waals surface area contributed by atoms with Crippen molar-refractivity contribution in [3.63, 3.8) is 0 Å². The first-order valence-electron chi connectivity index (χ1n) is 14.0. The predicted octanol–water partition coefficient (Wildman–Crippen LogP) is 6.96. The number of anilines is 1. The maximum absolute atomic E-state index is 16.1. The summed E-state index contributed by atoms with van der Waals surface area (Å²) in [5.41, 5.74) is 2.03. The minimum atomic E-state index is -1.91. The lowest BCUT2D eigenvalue weighted by Gasteiger charge is -2.38. The molecule has 2 aromatic heterocycles. The van der Waals surface area contributed by atoms with Gasteiger partial charge in [-0.15, -0.1) is 0 Å². The van der Waals surface area contributed by atoms with E-state index in [1.165, 1.54) is 0 Å². The number of nitrogens with zero attached hydrogens (tertiary/aromatic N) is 4. The lowest BCUT2D eigenvalue weighted by atomic mass is 10.1. The monoisotopic (exact) mass is 570 g/mol. The molecule has 0 amide bonds. The summed E-state index contributed by atoms with van der Waals surface area (Å²) in [7, 11) is -0.0291. The number of rotatable bonds is 9. The van der Waals surface area contributed by atoms with Crippen LogP contribution in [0.2, 0.25) is 18.1 Å². The summed E-state index contributed by atoms with van der Waals surface area (Å²) < 4.78 is 39.6. The van der Waals surface area contributed by atoms with Crippen molar-refractivity contribution in [2.24, 2.45) is 0 Å². The molecular weight excluding hydrogens is 527 g/mol. The van der Waals surface area contributed by atoms with E-state index in [1.807, 2.05) is 43.1 Å². The zero-order valence-electron chi connectivity index (χ0n) is 25.3. The average molecular weight is 571 g/mol. The third-order valence-corrected chi connectivity index (χ3v) is 12.7. The highest BCUT2D eigenvalue weighted by Gasteiger charge is 2.38. The Morgan fingerprint density at radius 3 is 2.48 bits per heavy atom. The zero-order chi connectivity index (χ0) is 29.2. The number of hydrogen-bond acceptors (Lipinski definition) is 8. The lowest BCUT2D eigenvalue weighted by molar-refractivity contribution is 0.0852. The molecule has 0 N–H and O–H groups in total. The standard InChI is InChI=1S/C30H43FN4O4Si/c1-19(39-40(8,9)30(4,5)6)18-37-24-12-10-11-22(17-24)28-32-27(25-20(2)34-38-21(25)3)26(31)29(33-28)35(7)23-13-15-36-16-14-23/h10-12,17,19,23H,13-16,18H2,1-9H3. The molecule has 8 nitrogen and oxygen atoms in total. The molecular formula is C30H43FN4O4Si. The molecule has 1 atom stereocenters. The van der Waals surface area contributed by atoms with E-state index in [1.54, 1.807) is 13.8 Å². The van der Waals surface area contributed by atoms with Gasteiger partial charge < -0.3 is 23.3 Å². The topological polar surface area (TPSA) is 82.7 Å². The maximum Gasteiger partial charge on any atom is 0.192 e. The predicted molar refractivity (Wildman–Crippen MR) is 158 cm³/mol. The number of halogens is 1. The van der Waals surface area contributed by atoms with Crippen LogP contribution in [0.4, 0.5) is 10.2 Å². The van der Waals surface area contributed by atoms with Gasteiger partial charge in [-0.1, -0.05) is 38.1 Å². The first-order chi connectivity index (χ1) is 18.8. The van der Waals surface area contributed by atoms with Crippen molar-refractivity contribution >= 4 is 14.1 Å². The van der Waals surface area contributed by atoms with Crippen molar-refractivity contribution in [3.8, 4) is 28.4 Å². The van der Waals surface area contributed by atoms with Crippen LogP contribution in [0.5, 0.6) is 5.75 Å². The van der Waals surface area contributed by atoms with Crippen molar-refractivity contribution in [1.82, 2.24) is 15.1 Å². The second-order valence-electron chi connectivity index (χ2n) is 12.2. The third kappa shape index (κ3) is 6.55. The fourth-order valence-corrected chi connectivity index (χ4v) is 6.11. The molecule has 40 heavy (non-hydrogen) atoms. The Labute approximate surface area is 238 Å². The Hall–Kier alpha value is -2.82. The van der Waals surface area contributed by atoms with Crippen LogP contribution in [-0.4, -0.2) is 62.5 Å². The minimum absolute atomic E-state index is 0.0579. The number of hydrogen-bond donors (Lipinski definition) is 0. The molecule has 218 valence electrons. The minimum Gasteiger partial charge on any atom is -0.491 e. The quantitative estimate of drug-likeness (QED) is 0.255.